The molecule has 0 spiro atoms. The third kappa shape index (κ3) is 2.02. The maximum Gasteiger partial charge on any atom is 0.126 e. The van der Waals surface area contributed by atoms with E-state index in [1.807, 2.05) is 30.3 Å². The largest absolute Gasteiger partial charge is 0.389 e. The van der Waals surface area contributed by atoms with E-state index in [-0.39, 0.29) is 17.3 Å². The number of carbonyl (C=O) groups excluding carboxylic acids is 1. The Kier molecular flexibility index (Phi) is 2.86. The molecule has 1 aliphatic carbocycles. The lowest BCUT2D eigenvalue weighted by Crippen LogP contribution is -2.32. The number of hydrogen-bond donors (Lipinski definition) is 1. The molecule has 2 nitrogen and oxygen atoms in total. The standard InChI is InChI=1S/C15H20O2/c1-14(2)10-15(3,17)12(9-16)13(14)11-7-5-4-6-8-11/h4-9,12-13,17H,10H2,1-3H3/t12-,13-,15+/m1/s1. The van der Waals surface area contributed by atoms with Gasteiger partial charge in [0.05, 0.1) is 11.5 Å². The normalized spacial score (nSPS) is 35.8. The van der Waals surface area contributed by atoms with Gasteiger partial charge in [0.1, 0.15) is 6.29 Å². The smallest absolute Gasteiger partial charge is 0.126 e. The molecule has 0 saturated heterocycles. The molecule has 0 heterocycles. The molecule has 1 aromatic carbocycles. The van der Waals surface area contributed by atoms with Gasteiger partial charge in [-0.3, -0.25) is 0 Å². The minimum atomic E-state index is -0.897. The van der Waals surface area contributed by atoms with Crippen molar-refractivity contribution >= 4 is 6.29 Å². The lowest BCUT2D eigenvalue weighted by molar-refractivity contribution is -0.117. The molecule has 1 saturated carbocycles. The number of benzene rings is 1. The zero-order valence-electron chi connectivity index (χ0n) is 10.7. The predicted octanol–water partition coefficient (Wildman–Crippen LogP) is 2.77. The van der Waals surface area contributed by atoms with Crippen molar-refractivity contribution in [3.8, 4) is 0 Å². The molecule has 1 fully saturated rings. The molecule has 0 bridgehead atoms. The molecule has 2 rings (SSSR count). The van der Waals surface area contributed by atoms with Crippen molar-refractivity contribution in [3.63, 3.8) is 0 Å². The van der Waals surface area contributed by atoms with Gasteiger partial charge in [-0.2, -0.15) is 0 Å². The first-order valence-electron chi connectivity index (χ1n) is 6.11. The van der Waals surface area contributed by atoms with Gasteiger partial charge in [0, 0.05) is 5.92 Å². The number of aliphatic hydroxyl groups is 1. The molecule has 2 heteroatoms. The number of aldehydes is 1. The lowest BCUT2D eigenvalue weighted by atomic mass is 9.74. The fourth-order valence-electron chi connectivity index (χ4n) is 3.54. The fraction of sp³-hybridized carbons (Fsp3) is 0.533. The fourth-order valence-corrected chi connectivity index (χ4v) is 3.54. The van der Waals surface area contributed by atoms with Crippen molar-refractivity contribution in [2.24, 2.45) is 11.3 Å². The number of hydrogen-bond acceptors (Lipinski definition) is 2. The first-order chi connectivity index (χ1) is 7.88. The molecule has 0 radical (unpaired) electrons. The third-order valence-corrected chi connectivity index (χ3v) is 4.04. The van der Waals surface area contributed by atoms with Gasteiger partial charge in [-0.05, 0) is 24.3 Å². The van der Waals surface area contributed by atoms with E-state index >= 15 is 0 Å². The Hall–Kier alpha value is -1.15. The van der Waals surface area contributed by atoms with E-state index in [1.165, 1.54) is 0 Å². The summed E-state index contributed by atoms with van der Waals surface area (Å²) in [6.07, 6.45) is 1.58. The SMILES string of the molecule is CC1(C)C[C@](C)(O)[C@H](C=O)[C@H]1c1ccccc1. The molecular weight excluding hydrogens is 212 g/mol. The van der Waals surface area contributed by atoms with Crippen LogP contribution in [-0.2, 0) is 4.79 Å². The van der Waals surface area contributed by atoms with E-state index in [4.69, 9.17) is 0 Å². The molecule has 0 unspecified atom stereocenters. The van der Waals surface area contributed by atoms with E-state index in [9.17, 15) is 9.90 Å². The van der Waals surface area contributed by atoms with Crippen molar-refractivity contribution in [1.82, 2.24) is 0 Å². The summed E-state index contributed by atoms with van der Waals surface area (Å²) in [5, 5.41) is 10.4. The molecule has 0 amide bonds. The zero-order chi connectivity index (χ0) is 12.7. The van der Waals surface area contributed by atoms with Crippen LogP contribution in [0.15, 0.2) is 30.3 Å². The Morgan fingerprint density at radius 2 is 1.82 bits per heavy atom. The van der Waals surface area contributed by atoms with Crippen LogP contribution < -0.4 is 0 Å². The first kappa shape index (κ1) is 12.3. The molecule has 0 aromatic heterocycles. The van der Waals surface area contributed by atoms with Gasteiger partial charge >= 0.3 is 0 Å². The number of rotatable bonds is 2. The maximum absolute atomic E-state index is 11.3. The van der Waals surface area contributed by atoms with Gasteiger partial charge in [0.2, 0.25) is 0 Å². The minimum Gasteiger partial charge on any atom is -0.389 e. The minimum absolute atomic E-state index is 0.0591. The first-order valence-corrected chi connectivity index (χ1v) is 6.11. The van der Waals surface area contributed by atoms with Crippen LogP contribution in [0, 0.1) is 11.3 Å². The second-order valence-electron chi connectivity index (χ2n) is 6.07. The predicted molar refractivity (Wildman–Crippen MR) is 67.8 cm³/mol. The van der Waals surface area contributed by atoms with Crippen LogP contribution in [0.5, 0.6) is 0 Å². The summed E-state index contributed by atoms with van der Waals surface area (Å²) in [7, 11) is 0. The van der Waals surface area contributed by atoms with Crippen molar-refractivity contribution in [3.05, 3.63) is 35.9 Å². The Balaban J connectivity index is 2.47. The molecule has 0 aliphatic heterocycles. The Morgan fingerprint density at radius 3 is 2.35 bits per heavy atom. The van der Waals surface area contributed by atoms with Gasteiger partial charge < -0.3 is 9.90 Å². The zero-order valence-corrected chi connectivity index (χ0v) is 10.7. The Bertz CT molecular complexity index is 406. The summed E-state index contributed by atoms with van der Waals surface area (Å²) in [4.78, 5) is 11.3. The molecule has 92 valence electrons. The molecular formula is C15H20O2. The maximum atomic E-state index is 11.3. The lowest BCUT2D eigenvalue weighted by Gasteiger charge is -2.29. The second-order valence-corrected chi connectivity index (χ2v) is 6.07. The van der Waals surface area contributed by atoms with Crippen molar-refractivity contribution in [2.45, 2.75) is 38.7 Å². The summed E-state index contributed by atoms with van der Waals surface area (Å²) in [6.45, 7) is 6.03. The van der Waals surface area contributed by atoms with E-state index in [0.717, 1.165) is 11.8 Å². The summed E-state index contributed by atoms with van der Waals surface area (Å²) in [5.41, 5.74) is 0.190. The van der Waals surface area contributed by atoms with Crippen LogP contribution >= 0.6 is 0 Å². The van der Waals surface area contributed by atoms with E-state index in [1.54, 1.807) is 6.92 Å². The monoisotopic (exact) mass is 232 g/mol. The third-order valence-electron chi connectivity index (χ3n) is 4.04. The Labute approximate surface area is 103 Å². The highest BCUT2D eigenvalue weighted by Gasteiger charge is 2.54. The van der Waals surface area contributed by atoms with E-state index in [2.05, 4.69) is 13.8 Å². The Morgan fingerprint density at radius 1 is 1.24 bits per heavy atom. The van der Waals surface area contributed by atoms with E-state index < -0.39 is 5.60 Å². The molecule has 1 aromatic rings. The average molecular weight is 232 g/mol. The van der Waals surface area contributed by atoms with Gasteiger partial charge in [-0.25, -0.2) is 0 Å². The summed E-state index contributed by atoms with van der Waals surface area (Å²) in [5.74, 6) is -0.226. The van der Waals surface area contributed by atoms with E-state index in [0.29, 0.717) is 6.42 Å². The van der Waals surface area contributed by atoms with Crippen LogP contribution in [0.4, 0.5) is 0 Å². The highest BCUT2D eigenvalue weighted by Crippen LogP contribution is 2.56. The van der Waals surface area contributed by atoms with Gasteiger partial charge in [-0.15, -0.1) is 0 Å². The second kappa shape index (κ2) is 3.95. The summed E-state index contributed by atoms with van der Waals surface area (Å²) < 4.78 is 0. The van der Waals surface area contributed by atoms with Crippen LogP contribution in [-0.4, -0.2) is 17.0 Å². The van der Waals surface area contributed by atoms with Crippen molar-refractivity contribution in [2.75, 3.05) is 0 Å². The quantitative estimate of drug-likeness (QED) is 0.796. The van der Waals surface area contributed by atoms with Crippen LogP contribution in [0.1, 0.15) is 38.7 Å². The van der Waals surface area contributed by atoms with Gasteiger partial charge in [-0.1, -0.05) is 44.2 Å². The highest BCUT2D eigenvalue weighted by atomic mass is 16.3. The van der Waals surface area contributed by atoms with Gasteiger partial charge in [0.15, 0.2) is 0 Å². The summed E-state index contributed by atoms with van der Waals surface area (Å²) >= 11 is 0. The highest BCUT2D eigenvalue weighted by molar-refractivity contribution is 5.60. The van der Waals surface area contributed by atoms with Crippen LogP contribution in [0.2, 0.25) is 0 Å². The van der Waals surface area contributed by atoms with Crippen molar-refractivity contribution in [1.29, 1.82) is 0 Å². The molecule has 17 heavy (non-hydrogen) atoms. The van der Waals surface area contributed by atoms with Crippen molar-refractivity contribution < 1.29 is 9.90 Å². The molecule has 3 atom stereocenters. The molecule has 1 N–H and O–H groups in total. The topological polar surface area (TPSA) is 37.3 Å². The van der Waals surface area contributed by atoms with Gasteiger partial charge in [0.25, 0.3) is 0 Å². The molecule has 1 aliphatic rings. The number of carbonyl (C=O) groups is 1. The average Bonchev–Trinajstić information content (AvgIpc) is 2.43. The summed E-state index contributed by atoms with van der Waals surface area (Å²) in [6, 6.07) is 10.0. The van der Waals surface area contributed by atoms with Crippen LogP contribution in [0.3, 0.4) is 0 Å². The van der Waals surface area contributed by atoms with Crippen LogP contribution in [0.25, 0.3) is 0 Å².